The van der Waals surface area contributed by atoms with E-state index in [9.17, 15) is 9.59 Å². The van der Waals surface area contributed by atoms with E-state index in [0.717, 1.165) is 21.3 Å². The number of Topliss-reactive ketones (excluding diaryl/α,β-unsaturated/α-hetero) is 1. The molecule has 21 heavy (non-hydrogen) atoms. The molecule has 0 aliphatic carbocycles. The van der Waals surface area contributed by atoms with Gasteiger partial charge in [-0.25, -0.2) is 5.01 Å². The highest BCUT2D eigenvalue weighted by Gasteiger charge is 2.39. The molecule has 1 amide bonds. The molecule has 0 saturated heterocycles. The third kappa shape index (κ3) is 2.12. The van der Waals surface area contributed by atoms with Crippen LogP contribution < -0.4 is 0 Å². The van der Waals surface area contributed by atoms with Gasteiger partial charge in [-0.1, -0.05) is 48.0 Å². The summed E-state index contributed by atoms with van der Waals surface area (Å²) >= 11 is 5.88. The zero-order valence-electron chi connectivity index (χ0n) is 11.6. The topological polar surface area (TPSA) is 49.7 Å². The van der Waals surface area contributed by atoms with E-state index in [4.69, 9.17) is 11.6 Å². The summed E-state index contributed by atoms with van der Waals surface area (Å²) in [7, 11) is 1.50. The van der Waals surface area contributed by atoms with Crippen LogP contribution in [0.4, 0.5) is 0 Å². The van der Waals surface area contributed by atoms with Gasteiger partial charge in [0.25, 0.3) is 5.91 Å². The Kier molecular flexibility index (Phi) is 3.26. The van der Waals surface area contributed by atoms with E-state index in [1.165, 1.54) is 7.05 Å². The molecule has 0 N–H and O–H groups in total. The number of hydrazone groups is 1. The summed E-state index contributed by atoms with van der Waals surface area (Å²) in [6.45, 7) is 1.89. The Morgan fingerprint density at radius 3 is 2.62 bits per heavy atom. The number of benzene rings is 2. The predicted octanol–water partition coefficient (Wildman–Crippen LogP) is 2.83. The summed E-state index contributed by atoms with van der Waals surface area (Å²) in [6, 6.07) is 11.6. The lowest BCUT2D eigenvalue weighted by molar-refractivity contribution is -0.136. The molecule has 0 aromatic heterocycles. The summed E-state index contributed by atoms with van der Waals surface area (Å²) < 4.78 is 0. The molecule has 1 aliphatic heterocycles. The lowest BCUT2D eigenvalue weighted by Gasteiger charge is -2.26. The smallest absolute Gasteiger partial charge is 0.258 e. The maximum atomic E-state index is 12.4. The highest BCUT2D eigenvalue weighted by atomic mass is 35.5. The first-order valence-corrected chi connectivity index (χ1v) is 6.92. The van der Waals surface area contributed by atoms with Crippen molar-refractivity contribution >= 4 is 39.2 Å². The minimum Gasteiger partial charge on any atom is -0.290 e. The van der Waals surface area contributed by atoms with Crippen molar-refractivity contribution in [3.8, 4) is 0 Å². The molecule has 1 unspecified atom stereocenters. The summed E-state index contributed by atoms with van der Waals surface area (Å²) in [6.07, 6.45) is 0. The van der Waals surface area contributed by atoms with Gasteiger partial charge in [0.1, 0.15) is 5.92 Å². The van der Waals surface area contributed by atoms with Gasteiger partial charge in [0.15, 0.2) is 5.17 Å². The number of likely N-dealkylation sites (N-methyl/N-ethyl adjacent to an activating group) is 1. The van der Waals surface area contributed by atoms with E-state index in [1.54, 1.807) is 0 Å². The fourth-order valence-electron chi connectivity index (χ4n) is 2.69. The van der Waals surface area contributed by atoms with Crippen LogP contribution >= 0.6 is 11.6 Å². The summed E-state index contributed by atoms with van der Waals surface area (Å²) in [5.74, 6) is -1.73. The molecule has 0 saturated carbocycles. The molecule has 1 heterocycles. The van der Waals surface area contributed by atoms with Gasteiger partial charge in [0, 0.05) is 7.05 Å². The first kappa shape index (κ1) is 13.8. The van der Waals surface area contributed by atoms with Gasteiger partial charge < -0.3 is 0 Å². The molecule has 5 heteroatoms. The van der Waals surface area contributed by atoms with Crippen LogP contribution in [0, 0.1) is 6.92 Å². The van der Waals surface area contributed by atoms with Crippen LogP contribution in [0.15, 0.2) is 41.5 Å². The monoisotopic (exact) mass is 300 g/mol. The zero-order chi connectivity index (χ0) is 15.1. The molecule has 0 fully saturated rings. The van der Waals surface area contributed by atoms with Crippen molar-refractivity contribution in [2.24, 2.45) is 5.10 Å². The number of rotatable bonds is 1. The molecule has 1 atom stereocenters. The molecular weight excluding hydrogens is 288 g/mol. The van der Waals surface area contributed by atoms with Crippen molar-refractivity contribution in [2.75, 3.05) is 7.05 Å². The van der Waals surface area contributed by atoms with Gasteiger partial charge in [-0.05, 0) is 28.8 Å². The quantitative estimate of drug-likeness (QED) is 0.760. The molecule has 2 aromatic rings. The number of carbonyl (C=O) groups excluding carboxylic acids is 2. The molecule has 3 rings (SSSR count). The highest BCUT2D eigenvalue weighted by Crippen LogP contribution is 2.33. The highest BCUT2D eigenvalue weighted by molar-refractivity contribution is 6.84. The molecule has 1 aliphatic rings. The second-order valence-electron chi connectivity index (χ2n) is 5.07. The Hall–Kier alpha value is -2.20. The average Bonchev–Trinajstić information content (AvgIpc) is 2.47. The fourth-order valence-corrected chi connectivity index (χ4v) is 2.91. The van der Waals surface area contributed by atoms with Gasteiger partial charge in [-0.3, -0.25) is 9.59 Å². The van der Waals surface area contributed by atoms with Crippen LogP contribution in [0.25, 0.3) is 10.8 Å². The van der Waals surface area contributed by atoms with Crippen LogP contribution in [0.5, 0.6) is 0 Å². The Morgan fingerprint density at radius 1 is 1.14 bits per heavy atom. The molecule has 4 nitrogen and oxygen atoms in total. The maximum absolute atomic E-state index is 12.4. The molecule has 0 bridgehead atoms. The van der Waals surface area contributed by atoms with E-state index in [2.05, 4.69) is 5.10 Å². The Morgan fingerprint density at radius 2 is 1.86 bits per heavy atom. The van der Waals surface area contributed by atoms with Gasteiger partial charge >= 0.3 is 0 Å². The van der Waals surface area contributed by atoms with E-state index in [-0.39, 0.29) is 11.1 Å². The second-order valence-corrected chi connectivity index (χ2v) is 5.43. The normalized spacial score (nSPS) is 19.1. The average molecular weight is 301 g/mol. The van der Waals surface area contributed by atoms with Crippen molar-refractivity contribution in [1.82, 2.24) is 5.01 Å². The summed E-state index contributed by atoms with van der Waals surface area (Å²) in [5.41, 5.74) is 1.60. The third-order valence-corrected chi connectivity index (χ3v) is 4.01. The fraction of sp³-hybridized carbons (Fsp3) is 0.188. The molecule has 0 spiro atoms. The van der Waals surface area contributed by atoms with Crippen molar-refractivity contribution in [3.63, 3.8) is 0 Å². The molecular formula is C16H13ClN2O2. The van der Waals surface area contributed by atoms with Gasteiger partial charge in [0.2, 0.25) is 5.78 Å². The Bertz CT molecular complexity index is 798. The first-order valence-electron chi connectivity index (χ1n) is 6.55. The number of halogens is 1. The molecule has 0 radical (unpaired) electrons. The van der Waals surface area contributed by atoms with Crippen molar-refractivity contribution < 1.29 is 9.59 Å². The predicted molar refractivity (Wildman–Crippen MR) is 82.5 cm³/mol. The van der Waals surface area contributed by atoms with E-state index >= 15 is 0 Å². The minimum absolute atomic E-state index is 0.158. The van der Waals surface area contributed by atoms with Crippen LogP contribution in [-0.2, 0) is 9.59 Å². The lowest BCUT2D eigenvalue weighted by atomic mass is 9.86. The standard InChI is InChI=1S/C16H13ClN2O2/c1-9-7-8-10-5-3-4-6-11(10)12(9)13-14(20)15(17)18-19(2)16(13)21/h3-8,13H,1-2H3. The number of hydrogen-bond donors (Lipinski definition) is 0. The summed E-state index contributed by atoms with van der Waals surface area (Å²) in [5, 5.41) is 6.60. The zero-order valence-corrected chi connectivity index (χ0v) is 12.4. The SMILES string of the molecule is Cc1ccc2ccccc2c1C1C(=O)C(Cl)=NN(C)C1=O. The van der Waals surface area contributed by atoms with Crippen molar-refractivity contribution in [1.29, 1.82) is 0 Å². The lowest BCUT2D eigenvalue weighted by Crippen LogP contribution is -2.40. The van der Waals surface area contributed by atoms with E-state index < -0.39 is 11.7 Å². The first-order chi connectivity index (χ1) is 10.0. The van der Waals surface area contributed by atoms with Gasteiger partial charge in [0.05, 0.1) is 0 Å². The third-order valence-electron chi connectivity index (χ3n) is 3.75. The van der Waals surface area contributed by atoms with E-state index in [0.29, 0.717) is 5.56 Å². The maximum Gasteiger partial charge on any atom is 0.258 e. The molecule has 106 valence electrons. The molecule has 2 aromatic carbocycles. The Balaban J connectivity index is 2.29. The number of fused-ring (bicyclic) bond motifs is 1. The van der Waals surface area contributed by atoms with Crippen LogP contribution in [0.1, 0.15) is 17.0 Å². The van der Waals surface area contributed by atoms with Crippen LogP contribution in [0.3, 0.4) is 0 Å². The Labute approximate surface area is 127 Å². The van der Waals surface area contributed by atoms with Crippen molar-refractivity contribution in [2.45, 2.75) is 12.8 Å². The van der Waals surface area contributed by atoms with Crippen molar-refractivity contribution in [3.05, 3.63) is 47.5 Å². The van der Waals surface area contributed by atoms with Crippen LogP contribution in [-0.4, -0.2) is 28.9 Å². The second kappa shape index (κ2) is 4.97. The van der Waals surface area contributed by atoms with Gasteiger partial charge in [-0.15, -0.1) is 0 Å². The van der Waals surface area contributed by atoms with Crippen LogP contribution in [0.2, 0.25) is 0 Å². The van der Waals surface area contributed by atoms with Gasteiger partial charge in [-0.2, -0.15) is 5.10 Å². The van der Waals surface area contributed by atoms with E-state index in [1.807, 2.05) is 43.3 Å². The number of hydrogen-bond acceptors (Lipinski definition) is 3. The number of amides is 1. The number of carbonyl (C=O) groups is 2. The minimum atomic E-state index is -0.925. The number of nitrogens with zero attached hydrogens (tertiary/aromatic N) is 2. The number of aryl methyl sites for hydroxylation is 1. The largest absolute Gasteiger partial charge is 0.290 e. The summed E-state index contributed by atoms with van der Waals surface area (Å²) in [4.78, 5) is 24.8. The number of ketones is 1.